The lowest BCUT2D eigenvalue weighted by molar-refractivity contribution is 0.319. The van der Waals surface area contributed by atoms with Crippen LogP contribution in [0.25, 0.3) is 16.6 Å². The monoisotopic (exact) mass is 347 g/mol. The number of nitrogens with one attached hydrogen (secondary N) is 1. The van der Waals surface area contributed by atoms with E-state index >= 15 is 0 Å². The Morgan fingerprint density at radius 3 is 2.92 bits per heavy atom. The summed E-state index contributed by atoms with van der Waals surface area (Å²) in [4.78, 5) is 35.2. The Morgan fingerprint density at radius 1 is 1.42 bits per heavy atom. The van der Waals surface area contributed by atoms with E-state index in [2.05, 4.69) is 15.0 Å². The van der Waals surface area contributed by atoms with Crippen LogP contribution >= 0.6 is 11.6 Å². The zero-order chi connectivity index (χ0) is 17.3. The van der Waals surface area contributed by atoms with Gasteiger partial charge < -0.3 is 10.5 Å². The summed E-state index contributed by atoms with van der Waals surface area (Å²) in [7, 11) is 0. The summed E-state index contributed by atoms with van der Waals surface area (Å²) in [5.41, 5.74) is 5.64. The molecule has 3 heterocycles. The fourth-order valence-electron chi connectivity index (χ4n) is 2.41. The van der Waals surface area contributed by atoms with Gasteiger partial charge in [0.15, 0.2) is 0 Å². The largest absolute Gasteiger partial charge is 0.476 e. The number of fused-ring (bicyclic) bond motifs is 1. The van der Waals surface area contributed by atoms with Crippen molar-refractivity contribution in [1.82, 2.24) is 19.5 Å². The lowest BCUT2D eigenvalue weighted by Gasteiger charge is -2.13. The third-order valence-corrected chi connectivity index (χ3v) is 3.60. The molecule has 0 amide bonds. The number of hydrogen-bond donors (Lipinski definition) is 2. The second kappa shape index (κ2) is 6.42. The predicted octanol–water partition coefficient (Wildman–Crippen LogP) is 0.768. The van der Waals surface area contributed by atoms with Gasteiger partial charge in [-0.3, -0.25) is 19.3 Å². The van der Waals surface area contributed by atoms with Crippen LogP contribution in [-0.4, -0.2) is 32.7 Å². The van der Waals surface area contributed by atoms with E-state index in [0.717, 1.165) is 0 Å². The highest BCUT2D eigenvalue weighted by Crippen LogP contribution is 2.25. The second-order valence-corrected chi connectivity index (χ2v) is 5.37. The van der Waals surface area contributed by atoms with Crippen molar-refractivity contribution in [2.45, 2.75) is 6.92 Å². The van der Waals surface area contributed by atoms with Crippen molar-refractivity contribution < 1.29 is 4.74 Å². The van der Waals surface area contributed by atoms with Crippen molar-refractivity contribution in [2.24, 2.45) is 5.73 Å². The molecule has 0 aliphatic rings. The first-order valence-electron chi connectivity index (χ1n) is 7.13. The summed E-state index contributed by atoms with van der Waals surface area (Å²) in [5, 5.41) is 0.213. The van der Waals surface area contributed by atoms with Crippen LogP contribution in [0.2, 0.25) is 5.15 Å². The molecule has 0 fully saturated rings. The molecule has 0 radical (unpaired) electrons. The van der Waals surface area contributed by atoms with Gasteiger partial charge in [0.1, 0.15) is 17.1 Å². The van der Waals surface area contributed by atoms with Gasteiger partial charge in [-0.05, 0) is 19.1 Å². The Kier molecular flexibility index (Phi) is 4.32. The van der Waals surface area contributed by atoms with Crippen LogP contribution in [0.4, 0.5) is 0 Å². The number of aryl methyl sites for hydroxylation is 1. The zero-order valence-electron chi connectivity index (χ0n) is 12.7. The van der Waals surface area contributed by atoms with E-state index in [1.165, 1.54) is 10.6 Å². The number of aromatic nitrogens is 4. The first-order valence-corrected chi connectivity index (χ1v) is 7.51. The van der Waals surface area contributed by atoms with Crippen molar-refractivity contribution in [3.05, 3.63) is 56.1 Å². The molecule has 3 aromatic rings. The summed E-state index contributed by atoms with van der Waals surface area (Å²) < 4.78 is 6.74. The Morgan fingerprint density at radius 2 is 2.21 bits per heavy atom. The standard InChI is InChI=1S/C15H14ClN5O3/c1-8-9(3-2-5-18-8)21-10-7-11(16)19-14(24-6-4-17)12(10)13(22)20-15(21)23/h2-3,5,7H,4,6,17H2,1H3,(H,20,22,23). The number of nitrogens with two attached hydrogens (primary N) is 1. The highest BCUT2D eigenvalue weighted by molar-refractivity contribution is 6.30. The molecule has 0 spiro atoms. The lowest BCUT2D eigenvalue weighted by Crippen LogP contribution is -2.30. The fourth-order valence-corrected chi connectivity index (χ4v) is 2.59. The fraction of sp³-hybridized carbons (Fsp3) is 0.200. The number of hydrogen-bond acceptors (Lipinski definition) is 6. The summed E-state index contributed by atoms with van der Waals surface area (Å²) in [6, 6.07) is 4.85. The molecule has 0 aliphatic heterocycles. The van der Waals surface area contributed by atoms with Gasteiger partial charge >= 0.3 is 5.69 Å². The number of halogens is 1. The summed E-state index contributed by atoms with van der Waals surface area (Å²) in [6.45, 7) is 2.16. The van der Waals surface area contributed by atoms with E-state index in [0.29, 0.717) is 11.4 Å². The van der Waals surface area contributed by atoms with E-state index < -0.39 is 11.2 Å². The van der Waals surface area contributed by atoms with Crippen molar-refractivity contribution in [2.75, 3.05) is 13.2 Å². The maximum absolute atomic E-state index is 12.4. The Labute approximate surface area is 140 Å². The Balaban J connectivity index is 2.43. The molecule has 3 rings (SSSR count). The summed E-state index contributed by atoms with van der Waals surface area (Å²) >= 11 is 6.04. The lowest BCUT2D eigenvalue weighted by atomic mass is 10.2. The van der Waals surface area contributed by atoms with Crippen molar-refractivity contribution >= 4 is 22.5 Å². The van der Waals surface area contributed by atoms with E-state index in [1.54, 1.807) is 25.3 Å². The van der Waals surface area contributed by atoms with Gasteiger partial charge in [-0.15, -0.1) is 0 Å². The predicted molar refractivity (Wildman–Crippen MR) is 90.1 cm³/mol. The average molecular weight is 348 g/mol. The number of aromatic amines is 1. The van der Waals surface area contributed by atoms with Crippen LogP contribution in [-0.2, 0) is 0 Å². The highest BCUT2D eigenvalue weighted by Gasteiger charge is 2.17. The van der Waals surface area contributed by atoms with Crippen LogP contribution in [0.1, 0.15) is 5.69 Å². The van der Waals surface area contributed by atoms with Crippen molar-refractivity contribution in [3.8, 4) is 11.6 Å². The molecule has 3 N–H and O–H groups in total. The normalized spacial score (nSPS) is 11.0. The topological polar surface area (TPSA) is 116 Å². The van der Waals surface area contributed by atoms with E-state index in [4.69, 9.17) is 22.1 Å². The van der Waals surface area contributed by atoms with E-state index in [1.807, 2.05) is 0 Å². The Bertz CT molecular complexity index is 1030. The molecule has 24 heavy (non-hydrogen) atoms. The first kappa shape index (κ1) is 16.2. The van der Waals surface area contributed by atoms with Gasteiger partial charge in [-0.2, -0.15) is 0 Å². The third kappa shape index (κ3) is 2.77. The SMILES string of the molecule is Cc1ncccc1-n1c(=O)[nH]c(=O)c2c(OCCN)nc(Cl)cc21. The van der Waals surface area contributed by atoms with Gasteiger partial charge in [-0.25, -0.2) is 9.78 Å². The number of nitrogens with zero attached hydrogens (tertiary/aromatic N) is 3. The summed E-state index contributed by atoms with van der Waals surface area (Å²) in [5.74, 6) is 0.0273. The number of ether oxygens (including phenoxy) is 1. The quantitative estimate of drug-likeness (QED) is 0.673. The first-order chi connectivity index (χ1) is 11.5. The minimum Gasteiger partial charge on any atom is -0.476 e. The van der Waals surface area contributed by atoms with Gasteiger partial charge in [0.2, 0.25) is 5.88 Å². The second-order valence-electron chi connectivity index (χ2n) is 4.98. The number of H-pyrrole nitrogens is 1. The molecule has 9 heteroatoms. The minimum atomic E-state index is -0.607. The smallest absolute Gasteiger partial charge is 0.333 e. The third-order valence-electron chi connectivity index (χ3n) is 3.40. The molecule has 0 bridgehead atoms. The molecular weight excluding hydrogens is 334 g/mol. The molecule has 0 aromatic carbocycles. The van der Waals surface area contributed by atoms with Gasteiger partial charge in [0.25, 0.3) is 5.56 Å². The molecule has 3 aromatic heterocycles. The van der Waals surface area contributed by atoms with Crippen LogP contribution in [0.3, 0.4) is 0 Å². The van der Waals surface area contributed by atoms with E-state index in [9.17, 15) is 9.59 Å². The van der Waals surface area contributed by atoms with Crippen molar-refractivity contribution in [1.29, 1.82) is 0 Å². The van der Waals surface area contributed by atoms with Gasteiger partial charge in [0, 0.05) is 18.8 Å². The highest BCUT2D eigenvalue weighted by atomic mass is 35.5. The van der Waals surface area contributed by atoms with Crippen LogP contribution < -0.4 is 21.7 Å². The molecular formula is C15H14ClN5O3. The summed E-state index contributed by atoms with van der Waals surface area (Å²) in [6.07, 6.45) is 1.61. The van der Waals surface area contributed by atoms with Gasteiger partial charge in [-0.1, -0.05) is 11.6 Å². The zero-order valence-corrected chi connectivity index (χ0v) is 13.5. The van der Waals surface area contributed by atoms with Crippen LogP contribution in [0, 0.1) is 6.92 Å². The Hall–Kier alpha value is -2.71. The minimum absolute atomic E-state index is 0.0273. The van der Waals surface area contributed by atoms with E-state index in [-0.39, 0.29) is 35.1 Å². The van der Waals surface area contributed by atoms with Crippen LogP contribution in [0.5, 0.6) is 5.88 Å². The number of rotatable bonds is 4. The van der Waals surface area contributed by atoms with Crippen molar-refractivity contribution in [3.63, 3.8) is 0 Å². The maximum Gasteiger partial charge on any atom is 0.333 e. The molecule has 0 saturated carbocycles. The number of pyridine rings is 2. The maximum atomic E-state index is 12.4. The molecule has 0 aliphatic carbocycles. The van der Waals surface area contributed by atoms with Gasteiger partial charge in [0.05, 0.1) is 16.9 Å². The molecule has 8 nitrogen and oxygen atoms in total. The molecule has 124 valence electrons. The molecule has 0 atom stereocenters. The molecule has 0 unspecified atom stereocenters. The van der Waals surface area contributed by atoms with Crippen LogP contribution in [0.15, 0.2) is 34.0 Å². The average Bonchev–Trinajstić information content (AvgIpc) is 2.53. The molecule has 0 saturated heterocycles.